The van der Waals surface area contributed by atoms with E-state index in [-0.39, 0.29) is 6.04 Å². The molecule has 0 N–H and O–H groups in total. The molecule has 0 aromatic heterocycles. The predicted octanol–water partition coefficient (Wildman–Crippen LogP) is 3.61. The standard InChI is InChI=1S/C21H20N2O/c22-12-17-8-4-5-9-21(17)18-10-19-14-24-15-20(11-18)23(19)13-16-6-2-1-3-7-16/h1-10,19-20H,11,13-15H2. The van der Waals surface area contributed by atoms with E-state index in [0.29, 0.717) is 6.04 Å². The first-order valence-corrected chi connectivity index (χ1v) is 8.43. The summed E-state index contributed by atoms with van der Waals surface area (Å²) in [7, 11) is 0. The number of benzene rings is 2. The molecule has 2 heterocycles. The SMILES string of the molecule is N#Cc1ccccc1C1=CC2COCC(C1)N2Cc1ccccc1. The van der Waals surface area contributed by atoms with E-state index in [9.17, 15) is 5.26 Å². The first-order chi connectivity index (χ1) is 11.8. The molecule has 0 saturated carbocycles. The van der Waals surface area contributed by atoms with E-state index in [0.717, 1.165) is 37.3 Å². The maximum atomic E-state index is 9.39. The van der Waals surface area contributed by atoms with Crippen LogP contribution in [0.25, 0.3) is 5.57 Å². The molecule has 0 aliphatic carbocycles. The molecule has 2 bridgehead atoms. The number of nitrogens with zero attached hydrogens (tertiary/aromatic N) is 2. The molecule has 2 atom stereocenters. The van der Waals surface area contributed by atoms with E-state index in [1.165, 1.54) is 11.1 Å². The Morgan fingerprint density at radius 3 is 2.62 bits per heavy atom. The zero-order chi connectivity index (χ0) is 16.4. The van der Waals surface area contributed by atoms with Crippen molar-refractivity contribution < 1.29 is 4.74 Å². The fourth-order valence-corrected chi connectivity index (χ4v) is 3.76. The molecule has 2 aromatic carbocycles. The summed E-state index contributed by atoms with van der Waals surface area (Å²) in [5.74, 6) is 0. The maximum absolute atomic E-state index is 9.39. The average molecular weight is 316 g/mol. The molecule has 1 fully saturated rings. The Morgan fingerprint density at radius 2 is 1.83 bits per heavy atom. The first-order valence-electron chi connectivity index (χ1n) is 8.43. The molecule has 4 rings (SSSR count). The molecule has 2 aliphatic rings. The highest BCUT2D eigenvalue weighted by molar-refractivity contribution is 5.72. The van der Waals surface area contributed by atoms with Crippen molar-refractivity contribution in [3.63, 3.8) is 0 Å². The van der Waals surface area contributed by atoms with Gasteiger partial charge in [0.2, 0.25) is 0 Å². The number of fused-ring (bicyclic) bond motifs is 2. The molecule has 0 radical (unpaired) electrons. The monoisotopic (exact) mass is 316 g/mol. The molecule has 3 heteroatoms. The number of ether oxygens (including phenoxy) is 1. The summed E-state index contributed by atoms with van der Waals surface area (Å²) >= 11 is 0. The van der Waals surface area contributed by atoms with Crippen LogP contribution in [-0.4, -0.2) is 30.2 Å². The summed E-state index contributed by atoms with van der Waals surface area (Å²) < 4.78 is 5.79. The summed E-state index contributed by atoms with van der Waals surface area (Å²) in [6, 6.07) is 21.5. The van der Waals surface area contributed by atoms with Crippen LogP contribution >= 0.6 is 0 Å². The fourth-order valence-electron chi connectivity index (χ4n) is 3.76. The van der Waals surface area contributed by atoms with Gasteiger partial charge in [-0.15, -0.1) is 0 Å². The minimum atomic E-state index is 0.277. The molecular weight excluding hydrogens is 296 g/mol. The molecular formula is C21H20N2O. The van der Waals surface area contributed by atoms with Crippen LogP contribution in [0.3, 0.4) is 0 Å². The number of hydrogen-bond donors (Lipinski definition) is 0. The highest BCUT2D eigenvalue weighted by atomic mass is 16.5. The van der Waals surface area contributed by atoms with Gasteiger partial charge in [-0.3, -0.25) is 4.90 Å². The van der Waals surface area contributed by atoms with Crippen LogP contribution in [0.4, 0.5) is 0 Å². The lowest BCUT2D eigenvalue weighted by atomic mass is 9.87. The van der Waals surface area contributed by atoms with Crippen LogP contribution in [0, 0.1) is 11.3 Å². The molecule has 2 aliphatic heterocycles. The van der Waals surface area contributed by atoms with Crippen LogP contribution < -0.4 is 0 Å². The van der Waals surface area contributed by atoms with Crippen LogP contribution in [-0.2, 0) is 11.3 Å². The zero-order valence-electron chi connectivity index (χ0n) is 13.6. The summed E-state index contributed by atoms with van der Waals surface area (Å²) in [5, 5.41) is 9.39. The normalized spacial score (nSPS) is 23.4. The van der Waals surface area contributed by atoms with Crippen molar-refractivity contribution in [1.82, 2.24) is 4.90 Å². The third-order valence-electron chi connectivity index (χ3n) is 4.94. The van der Waals surface area contributed by atoms with Gasteiger partial charge in [-0.05, 0) is 29.2 Å². The van der Waals surface area contributed by atoms with Crippen molar-refractivity contribution in [2.24, 2.45) is 0 Å². The summed E-state index contributed by atoms with van der Waals surface area (Å²) in [5.41, 5.74) is 4.47. The van der Waals surface area contributed by atoms with Gasteiger partial charge in [-0.1, -0.05) is 54.6 Å². The lowest BCUT2D eigenvalue weighted by molar-refractivity contribution is -0.0402. The number of nitriles is 1. The molecule has 2 aromatic rings. The van der Waals surface area contributed by atoms with Gasteiger partial charge in [0.05, 0.1) is 30.9 Å². The van der Waals surface area contributed by atoms with Crippen LogP contribution in [0.2, 0.25) is 0 Å². The van der Waals surface area contributed by atoms with Crippen molar-refractivity contribution in [1.29, 1.82) is 5.26 Å². The van der Waals surface area contributed by atoms with E-state index in [2.05, 4.69) is 53.4 Å². The maximum Gasteiger partial charge on any atom is 0.0998 e. The quantitative estimate of drug-likeness (QED) is 0.868. The molecule has 0 spiro atoms. The molecule has 120 valence electrons. The van der Waals surface area contributed by atoms with Gasteiger partial charge in [0.1, 0.15) is 0 Å². The molecule has 0 amide bonds. The largest absolute Gasteiger partial charge is 0.378 e. The number of morpholine rings is 1. The van der Waals surface area contributed by atoms with Crippen molar-refractivity contribution in [3.05, 3.63) is 77.4 Å². The van der Waals surface area contributed by atoms with E-state index in [4.69, 9.17) is 4.74 Å². The van der Waals surface area contributed by atoms with Crippen molar-refractivity contribution in [2.75, 3.05) is 13.2 Å². The second-order valence-corrected chi connectivity index (χ2v) is 6.47. The molecule has 1 saturated heterocycles. The van der Waals surface area contributed by atoms with Gasteiger partial charge in [0, 0.05) is 12.6 Å². The summed E-state index contributed by atoms with van der Waals surface area (Å²) in [4.78, 5) is 2.54. The van der Waals surface area contributed by atoms with Gasteiger partial charge in [-0.2, -0.15) is 5.26 Å². The second-order valence-electron chi connectivity index (χ2n) is 6.47. The van der Waals surface area contributed by atoms with Crippen molar-refractivity contribution in [3.8, 4) is 6.07 Å². The van der Waals surface area contributed by atoms with E-state index in [1.807, 2.05) is 18.2 Å². The van der Waals surface area contributed by atoms with E-state index < -0.39 is 0 Å². The number of rotatable bonds is 3. The number of hydrogen-bond acceptors (Lipinski definition) is 3. The molecule has 24 heavy (non-hydrogen) atoms. The van der Waals surface area contributed by atoms with Crippen molar-refractivity contribution >= 4 is 5.57 Å². The Balaban J connectivity index is 1.64. The average Bonchev–Trinajstić information content (AvgIpc) is 2.62. The lowest BCUT2D eigenvalue weighted by Crippen LogP contribution is -2.53. The first kappa shape index (κ1) is 15.1. The second kappa shape index (κ2) is 6.60. The zero-order valence-corrected chi connectivity index (χ0v) is 13.6. The highest BCUT2D eigenvalue weighted by Gasteiger charge is 2.35. The van der Waals surface area contributed by atoms with Gasteiger partial charge in [0.25, 0.3) is 0 Å². The van der Waals surface area contributed by atoms with Gasteiger partial charge < -0.3 is 4.74 Å². The smallest absolute Gasteiger partial charge is 0.0998 e. The van der Waals surface area contributed by atoms with Crippen LogP contribution in [0.5, 0.6) is 0 Å². The highest BCUT2D eigenvalue weighted by Crippen LogP contribution is 2.34. The molecule has 3 nitrogen and oxygen atoms in total. The molecule has 2 unspecified atom stereocenters. The minimum absolute atomic E-state index is 0.277. The Kier molecular flexibility index (Phi) is 4.17. The predicted molar refractivity (Wildman–Crippen MR) is 94.1 cm³/mol. The topological polar surface area (TPSA) is 36.3 Å². The Labute approximate surface area is 142 Å². The van der Waals surface area contributed by atoms with Gasteiger partial charge in [0.15, 0.2) is 0 Å². The summed E-state index contributed by atoms with van der Waals surface area (Å²) in [6.07, 6.45) is 3.23. The Hall–Kier alpha value is -2.41. The van der Waals surface area contributed by atoms with Crippen molar-refractivity contribution in [2.45, 2.75) is 25.0 Å². The van der Waals surface area contributed by atoms with Gasteiger partial charge in [-0.25, -0.2) is 0 Å². The third kappa shape index (κ3) is 2.87. The van der Waals surface area contributed by atoms with Gasteiger partial charge >= 0.3 is 0 Å². The Bertz CT molecular complexity index is 791. The lowest BCUT2D eigenvalue weighted by Gasteiger charge is -2.45. The third-order valence-corrected chi connectivity index (χ3v) is 4.94. The minimum Gasteiger partial charge on any atom is -0.378 e. The van der Waals surface area contributed by atoms with E-state index in [1.54, 1.807) is 0 Å². The van der Waals surface area contributed by atoms with Crippen LogP contribution in [0.15, 0.2) is 60.7 Å². The summed E-state index contributed by atoms with van der Waals surface area (Å²) in [6.45, 7) is 2.43. The fraction of sp³-hybridized carbons (Fsp3) is 0.286. The van der Waals surface area contributed by atoms with Crippen LogP contribution in [0.1, 0.15) is 23.1 Å². The Morgan fingerprint density at radius 1 is 1.04 bits per heavy atom. The van der Waals surface area contributed by atoms with E-state index >= 15 is 0 Å².